The summed E-state index contributed by atoms with van der Waals surface area (Å²) < 4.78 is 0. The van der Waals surface area contributed by atoms with Gasteiger partial charge in [-0.3, -0.25) is 4.84 Å². The molecule has 2 heteroatoms. The fourth-order valence-electron chi connectivity index (χ4n) is 1.42. The summed E-state index contributed by atoms with van der Waals surface area (Å²) in [5.41, 5.74) is 0. The first-order chi connectivity index (χ1) is 6.43. The van der Waals surface area contributed by atoms with E-state index in [0.717, 1.165) is 19.7 Å². The Kier molecular flexibility index (Phi) is 6.21. The highest BCUT2D eigenvalue weighted by molar-refractivity contribution is 4.60. The van der Waals surface area contributed by atoms with Crippen LogP contribution in [0.3, 0.4) is 0 Å². The summed E-state index contributed by atoms with van der Waals surface area (Å²) in [6, 6.07) is 0. The van der Waals surface area contributed by atoms with Crippen LogP contribution in [0.2, 0.25) is 0 Å². The lowest BCUT2D eigenvalue weighted by molar-refractivity contribution is -0.0654. The topological polar surface area (TPSA) is 12.2 Å². The second kappa shape index (κ2) is 7.34. The molecule has 1 saturated heterocycles. The summed E-state index contributed by atoms with van der Waals surface area (Å²) in [5.74, 6) is 0. The molecule has 2 nitrogen and oxygen atoms in total. The lowest BCUT2D eigenvalue weighted by Gasteiger charge is -2.02. The Morgan fingerprint density at radius 2 is 1.54 bits per heavy atom. The predicted octanol–water partition coefficient (Wildman–Crippen LogP) is 2.98. The molecule has 0 unspecified atom stereocenters. The maximum Gasteiger partial charge on any atom is 0.0685 e. The Labute approximate surface area is 82.2 Å². The first kappa shape index (κ1) is 11.0. The second-order valence-electron chi connectivity index (χ2n) is 3.88. The monoisotopic (exact) mass is 185 g/mol. The normalized spacial score (nSPS) is 16.4. The highest BCUT2D eigenvalue weighted by Gasteiger charge is 2.16. The SMILES string of the molecule is CCCCCCCCCON1CC1. The summed E-state index contributed by atoms with van der Waals surface area (Å²) in [5, 5.41) is 2.02. The van der Waals surface area contributed by atoms with Gasteiger partial charge in [-0.25, -0.2) is 0 Å². The largest absolute Gasteiger partial charge is 0.299 e. The number of hydroxylamine groups is 2. The molecule has 0 atom stereocenters. The van der Waals surface area contributed by atoms with Crippen molar-refractivity contribution >= 4 is 0 Å². The molecule has 1 fully saturated rings. The zero-order valence-corrected chi connectivity index (χ0v) is 8.93. The molecule has 0 radical (unpaired) electrons. The molecule has 78 valence electrons. The van der Waals surface area contributed by atoms with Crippen LogP contribution in [0.5, 0.6) is 0 Å². The van der Waals surface area contributed by atoms with Gasteiger partial charge in [-0.05, 0) is 6.42 Å². The van der Waals surface area contributed by atoms with Gasteiger partial charge >= 0.3 is 0 Å². The minimum Gasteiger partial charge on any atom is -0.299 e. The van der Waals surface area contributed by atoms with Crippen molar-refractivity contribution in [2.75, 3.05) is 19.7 Å². The van der Waals surface area contributed by atoms with Gasteiger partial charge in [-0.1, -0.05) is 45.4 Å². The average Bonchev–Trinajstić information content (AvgIpc) is 2.93. The van der Waals surface area contributed by atoms with Gasteiger partial charge in [0.25, 0.3) is 0 Å². The number of hydrogen-bond donors (Lipinski definition) is 0. The number of hydrogen-bond acceptors (Lipinski definition) is 2. The van der Waals surface area contributed by atoms with Gasteiger partial charge in [0.1, 0.15) is 0 Å². The van der Waals surface area contributed by atoms with E-state index in [0.29, 0.717) is 0 Å². The smallest absolute Gasteiger partial charge is 0.0685 e. The summed E-state index contributed by atoms with van der Waals surface area (Å²) in [6.07, 6.45) is 9.56. The Hall–Kier alpha value is -0.0800. The first-order valence-corrected chi connectivity index (χ1v) is 5.81. The number of unbranched alkanes of at least 4 members (excludes halogenated alkanes) is 6. The lowest BCUT2D eigenvalue weighted by atomic mass is 10.1. The molecule has 0 spiro atoms. The molecule has 0 saturated carbocycles. The van der Waals surface area contributed by atoms with Gasteiger partial charge in [-0.15, -0.1) is 0 Å². The van der Waals surface area contributed by atoms with E-state index < -0.39 is 0 Å². The molecule has 0 aromatic rings. The highest BCUT2D eigenvalue weighted by atomic mass is 16.7. The minimum absolute atomic E-state index is 0.938. The molecule has 0 N–H and O–H groups in total. The molecule has 13 heavy (non-hydrogen) atoms. The van der Waals surface area contributed by atoms with Gasteiger partial charge in [-0.2, -0.15) is 5.06 Å². The zero-order chi connectivity index (χ0) is 9.36. The van der Waals surface area contributed by atoms with E-state index in [1.807, 2.05) is 5.06 Å². The molecule has 1 aliphatic rings. The van der Waals surface area contributed by atoms with Crippen LogP contribution < -0.4 is 0 Å². The standard InChI is InChI=1S/C11H23NO/c1-2-3-4-5-6-7-8-11-13-12-9-10-12/h2-11H2,1H3. The third kappa shape index (κ3) is 7.03. The Morgan fingerprint density at radius 3 is 2.15 bits per heavy atom. The lowest BCUT2D eigenvalue weighted by Crippen LogP contribution is -2.00. The van der Waals surface area contributed by atoms with E-state index in [2.05, 4.69) is 6.92 Å². The van der Waals surface area contributed by atoms with Crippen LogP contribution in [-0.4, -0.2) is 24.8 Å². The van der Waals surface area contributed by atoms with Crippen LogP contribution >= 0.6 is 0 Å². The van der Waals surface area contributed by atoms with Gasteiger partial charge in [0.2, 0.25) is 0 Å². The summed E-state index contributed by atoms with van der Waals surface area (Å²) in [7, 11) is 0. The van der Waals surface area contributed by atoms with Crippen molar-refractivity contribution in [3.8, 4) is 0 Å². The third-order valence-corrected chi connectivity index (χ3v) is 2.43. The van der Waals surface area contributed by atoms with Gasteiger partial charge in [0.15, 0.2) is 0 Å². The van der Waals surface area contributed by atoms with E-state index in [9.17, 15) is 0 Å². The predicted molar refractivity (Wildman–Crippen MR) is 55.5 cm³/mol. The van der Waals surface area contributed by atoms with E-state index in [-0.39, 0.29) is 0 Å². The van der Waals surface area contributed by atoms with Crippen LogP contribution in [0, 0.1) is 0 Å². The highest BCUT2D eigenvalue weighted by Crippen LogP contribution is 2.09. The van der Waals surface area contributed by atoms with Gasteiger partial charge in [0.05, 0.1) is 6.61 Å². The van der Waals surface area contributed by atoms with Crippen LogP contribution in [0.15, 0.2) is 0 Å². The Morgan fingerprint density at radius 1 is 0.923 bits per heavy atom. The molecule has 0 amide bonds. The first-order valence-electron chi connectivity index (χ1n) is 5.81. The van der Waals surface area contributed by atoms with E-state index in [1.165, 1.54) is 44.9 Å². The summed E-state index contributed by atoms with van der Waals surface area (Å²) >= 11 is 0. The average molecular weight is 185 g/mol. The number of rotatable bonds is 9. The van der Waals surface area contributed by atoms with Crippen molar-refractivity contribution in [1.82, 2.24) is 5.06 Å². The van der Waals surface area contributed by atoms with Gasteiger partial charge < -0.3 is 0 Å². The molecular weight excluding hydrogens is 162 g/mol. The van der Waals surface area contributed by atoms with Crippen LogP contribution in [0.1, 0.15) is 51.9 Å². The summed E-state index contributed by atoms with van der Waals surface area (Å²) in [4.78, 5) is 5.41. The van der Waals surface area contributed by atoms with Crippen molar-refractivity contribution < 1.29 is 4.84 Å². The second-order valence-corrected chi connectivity index (χ2v) is 3.88. The maximum absolute atomic E-state index is 5.41. The molecule has 0 aromatic carbocycles. The van der Waals surface area contributed by atoms with Crippen molar-refractivity contribution in [1.29, 1.82) is 0 Å². The van der Waals surface area contributed by atoms with Crippen molar-refractivity contribution in [2.45, 2.75) is 51.9 Å². The maximum atomic E-state index is 5.41. The van der Waals surface area contributed by atoms with E-state index >= 15 is 0 Å². The molecule has 0 aromatic heterocycles. The van der Waals surface area contributed by atoms with Crippen molar-refractivity contribution in [3.63, 3.8) is 0 Å². The molecular formula is C11H23NO. The summed E-state index contributed by atoms with van der Waals surface area (Å²) in [6.45, 7) is 5.50. The quantitative estimate of drug-likeness (QED) is 0.404. The van der Waals surface area contributed by atoms with Crippen LogP contribution in [0.25, 0.3) is 0 Å². The number of nitrogens with zero attached hydrogens (tertiary/aromatic N) is 1. The van der Waals surface area contributed by atoms with Crippen molar-refractivity contribution in [3.05, 3.63) is 0 Å². The van der Waals surface area contributed by atoms with Crippen molar-refractivity contribution in [2.24, 2.45) is 0 Å². The Balaban J connectivity index is 1.63. The molecule has 0 aliphatic carbocycles. The zero-order valence-electron chi connectivity index (χ0n) is 8.93. The minimum atomic E-state index is 0.938. The fraction of sp³-hybridized carbons (Fsp3) is 1.00. The molecule has 1 aliphatic heterocycles. The molecule has 0 bridgehead atoms. The third-order valence-electron chi connectivity index (χ3n) is 2.43. The van der Waals surface area contributed by atoms with Crippen LogP contribution in [-0.2, 0) is 4.84 Å². The van der Waals surface area contributed by atoms with E-state index in [1.54, 1.807) is 0 Å². The van der Waals surface area contributed by atoms with Crippen LogP contribution in [0.4, 0.5) is 0 Å². The molecule has 1 rings (SSSR count). The van der Waals surface area contributed by atoms with E-state index in [4.69, 9.17) is 4.84 Å². The Bertz CT molecular complexity index is 113. The van der Waals surface area contributed by atoms with Gasteiger partial charge in [0, 0.05) is 13.1 Å². The molecule has 1 heterocycles. The fourth-order valence-corrected chi connectivity index (χ4v) is 1.42.